The zero-order valence-corrected chi connectivity index (χ0v) is 22.1. The highest BCUT2D eigenvalue weighted by Crippen LogP contribution is 2.23. The summed E-state index contributed by atoms with van der Waals surface area (Å²) in [6, 6.07) is 20.6. The Hall–Kier alpha value is -3.72. The van der Waals surface area contributed by atoms with E-state index in [9.17, 15) is 18.3 Å². The summed E-state index contributed by atoms with van der Waals surface area (Å²) in [7, 11) is 0.459. The third-order valence-electron chi connectivity index (χ3n) is 6.51. The number of aliphatic carboxylic acids is 1. The molecule has 2 heterocycles. The van der Waals surface area contributed by atoms with Crippen LogP contribution in [0, 0.1) is 0 Å². The molecule has 2 aliphatic heterocycles. The highest BCUT2D eigenvalue weighted by Gasteiger charge is 2.21. The van der Waals surface area contributed by atoms with Crippen molar-refractivity contribution in [2.75, 3.05) is 46.0 Å². The molecule has 0 amide bonds. The maximum Gasteiger partial charge on any atom is 0.276 e. The van der Waals surface area contributed by atoms with Crippen molar-refractivity contribution in [3.05, 3.63) is 77.9 Å². The number of benzene rings is 3. The standard InChI is InChI=1S/C16H22N4.C12H10O4S/c1-19-11-3-9-17-15(19)13-5-7-14(8-6-13)16-18-10-4-12-20(16)2;13-12(14)8-17(15,16)11-7-3-5-9-4-1-2-6-10(9)11/h5-8H,3-4,9-12H2,1-2H3;1-7H,8H2,(H,13,14)/p+1. The maximum absolute atomic E-state index is 11.8. The number of nitrogens with one attached hydrogen (secondary N) is 2. The molecule has 2 aliphatic rings. The van der Waals surface area contributed by atoms with E-state index < -0.39 is 21.6 Å². The quantitative estimate of drug-likeness (QED) is 0.482. The third-order valence-corrected chi connectivity index (χ3v) is 8.16. The minimum atomic E-state index is -3.85. The molecule has 3 aromatic carbocycles. The Morgan fingerprint density at radius 1 is 0.811 bits per heavy atom. The molecule has 0 unspecified atom stereocenters. The van der Waals surface area contributed by atoms with E-state index in [0.29, 0.717) is 5.39 Å². The Morgan fingerprint density at radius 2 is 1.32 bits per heavy atom. The van der Waals surface area contributed by atoms with Crippen LogP contribution in [-0.2, 0) is 14.6 Å². The van der Waals surface area contributed by atoms with E-state index in [-0.39, 0.29) is 4.90 Å². The summed E-state index contributed by atoms with van der Waals surface area (Å²) in [4.78, 5) is 10.5. The van der Waals surface area contributed by atoms with Crippen molar-refractivity contribution in [2.24, 2.45) is 0 Å². The molecule has 5 rings (SSSR count). The average molecular weight is 522 g/mol. The molecule has 0 saturated carbocycles. The monoisotopic (exact) mass is 521 g/mol. The number of hydrogen-bond donors (Lipinski definition) is 2. The number of fused-ring (bicyclic) bond motifs is 1. The van der Waals surface area contributed by atoms with Crippen molar-refractivity contribution < 1.29 is 27.5 Å². The molecule has 8 nitrogen and oxygen atoms in total. The molecule has 0 atom stereocenters. The van der Waals surface area contributed by atoms with Gasteiger partial charge >= 0.3 is 0 Å². The summed E-state index contributed by atoms with van der Waals surface area (Å²) in [6.45, 7) is 4.41. The van der Waals surface area contributed by atoms with E-state index in [2.05, 4.69) is 58.1 Å². The van der Waals surface area contributed by atoms with Gasteiger partial charge in [0.15, 0.2) is 9.84 Å². The van der Waals surface area contributed by atoms with E-state index in [0.717, 1.165) is 31.6 Å². The fourth-order valence-corrected chi connectivity index (χ4v) is 5.94. The maximum atomic E-state index is 11.8. The van der Waals surface area contributed by atoms with Crippen molar-refractivity contribution in [3.63, 3.8) is 0 Å². The van der Waals surface area contributed by atoms with Crippen molar-refractivity contribution in [1.82, 2.24) is 10.6 Å². The van der Waals surface area contributed by atoms with Crippen molar-refractivity contribution in [2.45, 2.75) is 17.7 Å². The van der Waals surface area contributed by atoms with Crippen LogP contribution in [0.2, 0.25) is 0 Å². The molecule has 0 fully saturated rings. The number of sulfone groups is 1. The van der Waals surface area contributed by atoms with Gasteiger partial charge in [-0.25, -0.2) is 8.42 Å². The minimum Gasteiger partial charge on any atom is -0.549 e. The first kappa shape index (κ1) is 26.3. The van der Waals surface area contributed by atoms with Gasteiger partial charge < -0.3 is 9.90 Å². The second kappa shape index (κ2) is 11.6. The van der Waals surface area contributed by atoms with Crippen molar-refractivity contribution in [3.8, 4) is 0 Å². The van der Waals surface area contributed by atoms with E-state index >= 15 is 0 Å². The summed E-state index contributed by atoms with van der Waals surface area (Å²) in [5.74, 6) is -0.102. The van der Waals surface area contributed by atoms with E-state index in [1.807, 2.05) is 0 Å². The summed E-state index contributed by atoms with van der Waals surface area (Å²) < 4.78 is 28.3. The van der Waals surface area contributed by atoms with Gasteiger partial charge in [0.25, 0.3) is 11.7 Å². The molecule has 0 aliphatic carbocycles. The van der Waals surface area contributed by atoms with Gasteiger partial charge in [0.05, 0.1) is 68.0 Å². The van der Waals surface area contributed by atoms with E-state index in [1.165, 1.54) is 41.7 Å². The number of amidine groups is 2. The summed E-state index contributed by atoms with van der Waals surface area (Å²) in [6.07, 6.45) is 2.43. The summed E-state index contributed by atoms with van der Waals surface area (Å²) in [5, 5.41) is 18.7. The number of carboxylic acids is 1. The Balaban J connectivity index is 0.000000176. The smallest absolute Gasteiger partial charge is 0.276 e. The number of hydrogen-bond acceptors (Lipinski definition) is 6. The van der Waals surface area contributed by atoms with Gasteiger partial charge in [-0.3, -0.25) is 19.8 Å². The van der Waals surface area contributed by atoms with Gasteiger partial charge in [-0.05, 0) is 35.7 Å². The molecule has 0 radical (unpaired) electrons. The molecule has 3 aromatic rings. The van der Waals surface area contributed by atoms with Crippen molar-refractivity contribution in [1.29, 1.82) is 0 Å². The summed E-state index contributed by atoms with van der Waals surface area (Å²) >= 11 is 0. The van der Waals surface area contributed by atoms with Gasteiger partial charge in [0.1, 0.15) is 0 Å². The number of carbonyl (C=O) groups is 1. The van der Waals surface area contributed by atoms with Crippen LogP contribution in [0.1, 0.15) is 24.0 Å². The topological polar surface area (TPSA) is 104 Å². The highest BCUT2D eigenvalue weighted by molar-refractivity contribution is 7.92. The van der Waals surface area contributed by atoms with Crippen LogP contribution in [0.3, 0.4) is 0 Å². The molecule has 0 spiro atoms. The first-order valence-corrected chi connectivity index (χ1v) is 14.1. The Morgan fingerprint density at radius 3 is 1.84 bits per heavy atom. The Bertz CT molecular complexity index is 1400. The molecular weight excluding hydrogens is 488 g/mol. The lowest BCUT2D eigenvalue weighted by atomic mass is 10.1. The molecule has 2 N–H and O–H groups in total. The summed E-state index contributed by atoms with van der Waals surface area (Å²) in [5.41, 5.74) is 2.55. The molecule has 0 saturated heterocycles. The SMILES string of the molecule is C[N+]1=C(c2ccc(C3=[N+](C)CCCN3)cc2)NCCC1.O=C([O-])CS(=O)(=O)c1cccc2ccccc12. The minimum absolute atomic E-state index is 0.0276. The van der Waals surface area contributed by atoms with Gasteiger partial charge in [-0.1, -0.05) is 36.4 Å². The van der Waals surface area contributed by atoms with Gasteiger partial charge in [-0.2, -0.15) is 0 Å². The molecule has 0 bridgehead atoms. The number of carbonyl (C=O) groups excluding carboxylic acids is 1. The fourth-order valence-electron chi connectivity index (χ4n) is 4.67. The lowest BCUT2D eigenvalue weighted by Crippen LogP contribution is -2.40. The first-order chi connectivity index (χ1) is 17.8. The predicted octanol–water partition coefficient (Wildman–Crippen LogP) is 0.814. The lowest BCUT2D eigenvalue weighted by Gasteiger charge is -2.16. The normalized spacial score (nSPS) is 15.9. The third kappa shape index (κ3) is 6.35. The zero-order chi connectivity index (χ0) is 26.4. The predicted molar refractivity (Wildman–Crippen MR) is 143 cm³/mol. The van der Waals surface area contributed by atoms with Crippen LogP contribution >= 0.6 is 0 Å². The second-order valence-electron chi connectivity index (χ2n) is 9.29. The van der Waals surface area contributed by atoms with E-state index in [1.54, 1.807) is 36.4 Å². The van der Waals surface area contributed by atoms with Crippen LogP contribution in [0.4, 0.5) is 0 Å². The van der Waals surface area contributed by atoms with Gasteiger partial charge in [-0.15, -0.1) is 0 Å². The number of nitrogens with zero attached hydrogens (tertiary/aromatic N) is 2. The van der Waals surface area contributed by atoms with Crippen molar-refractivity contribution >= 4 is 38.3 Å². The van der Waals surface area contributed by atoms with Crippen LogP contribution < -0.4 is 15.7 Å². The zero-order valence-electron chi connectivity index (χ0n) is 21.2. The molecular formula is C28H33N4O4S+. The fraction of sp³-hybridized carbons (Fsp3) is 0.321. The first-order valence-electron chi connectivity index (χ1n) is 12.4. The highest BCUT2D eigenvalue weighted by atomic mass is 32.2. The average Bonchev–Trinajstić information content (AvgIpc) is 2.89. The largest absolute Gasteiger partial charge is 0.549 e. The molecule has 9 heteroatoms. The van der Waals surface area contributed by atoms with Crippen LogP contribution in [0.15, 0.2) is 71.6 Å². The molecule has 0 aromatic heterocycles. The van der Waals surface area contributed by atoms with E-state index in [4.69, 9.17) is 0 Å². The van der Waals surface area contributed by atoms with Crippen LogP contribution in [0.5, 0.6) is 0 Å². The Labute approximate surface area is 217 Å². The number of carboxylic acid groups (broad SMARTS) is 1. The second-order valence-corrected chi connectivity index (χ2v) is 11.2. The van der Waals surface area contributed by atoms with Gasteiger partial charge in [0.2, 0.25) is 0 Å². The Kier molecular flexibility index (Phi) is 8.23. The molecule has 194 valence electrons. The van der Waals surface area contributed by atoms with Gasteiger partial charge in [0, 0.05) is 18.2 Å². The van der Waals surface area contributed by atoms with Crippen LogP contribution in [-0.4, -0.2) is 81.2 Å². The van der Waals surface area contributed by atoms with Crippen LogP contribution in [0.25, 0.3) is 10.8 Å². The number of rotatable bonds is 5. The lowest BCUT2D eigenvalue weighted by molar-refractivity contribution is -0.503. The molecule has 37 heavy (non-hydrogen) atoms.